The summed E-state index contributed by atoms with van der Waals surface area (Å²) in [4.78, 5) is 35.3. The van der Waals surface area contributed by atoms with Gasteiger partial charge in [0, 0.05) is 76.6 Å². The van der Waals surface area contributed by atoms with Crippen molar-refractivity contribution in [1.29, 1.82) is 21.0 Å². The zero-order valence-electron chi connectivity index (χ0n) is 52.3. The minimum Gasteiger partial charge on any atom is -0.289 e. The number of aromatic nitrogens is 4. The minimum absolute atomic E-state index is 0.128. The molecule has 4 aliphatic carbocycles. The van der Waals surface area contributed by atoms with Crippen LogP contribution in [0.4, 0.5) is 0 Å². The molecule has 0 saturated carbocycles. The van der Waals surface area contributed by atoms with Crippen LogP contribution in [-0.2, 0) is 10.8 Å². The van der Waals surface area contributed by atoms with E-state index in [2.05, 4.69) is 149 Å². The molecule has 8 aromatic carbocycles. The number of hydrogen-bond acceptors (Lipinski definition) is 16. The molecule has 4 aliphatic rings. The fourth-order valence-electron chi connectivity index (χ4n) is 15.3. The van der Waals surface area contributed by atoms with E-state index in [0.717, 1.165) is 88.8 Å². The molecule has 6 heterocycles. The van der Waals surface area contributed by atoms with Crippen molar-refractivity contribution in [3.05, 3.63) is 304 Å². The average Bonchev–Trinajstić information content (AvgIpc) is 1.48. The van der Waals surface area contributed by atoms with Crippen LogP contribution in [0.2, 0.25) is 0 Å². The van der Waals surface area contributed by atoms with Gasteiger partial charge in [-0.15, -0.1) is 45.3 Å². The molecule has 0 saturated heterocycles. The number of allylic oxidation sites excluding steroid dienone is 6. The number of carbonyl (C=O) groups excluding carboxylic acids is 2. The smallest absolute Gasteiger partial charge is 0.194 e. The quantitative estimate of drug-likeness (QED) is 0.105. The molecule has 18 rings (SSSR count). The first kappa shape index (κ1) is 59.2. The van der Waals surface area contributed by atoms with Gasteiger partial charge >= 0.3 is 0 Å². The maximum atomic E-state index is 14.2. The normalized spacial score (nSPS) is 15.1. The van der Waals surface area contributed by atoms with E-state index in [1.807, 2.05) is 71.2 Å². The second-order valence-electron chi connectivity index (χ2n) is 25.1. The van der Waals surface area contributed by atoms with Crippen LogP contribution in [0.1, 0.15) is 110 Å². The summed E-state index contributed by atoms with van der Waals surface area (Å²) in [6, 6.07) is 71.6. The Labute approximate surface area is 586 Å². The van der Waals surface area contributed by atoms with E-state index < -0.39 is 10.8 Å². The van der Waals surface area contributed by atoms with Crippen molar-refractivity contribution in [2.24, 2.45) is 0 Å². The van der Waals surface area contributed by atoms with Crippen molar-refractivity contribution < 1.29 is 9.59 Å². The molecule has 0 fully saturated rings. The standard InChI is InChI=1S/C82H44N8O2S6/c1-41-13-23-49(24-14-41)81(50-25-15-42(2)16-26-50)61-35-63(57-31-21-45(69-71(57)89-97-87-69)33-59-65(47(37-83)38-84)53-9-5-7-11-55(53)73(59)91)93-75(61)77-67(81)79-80(95-77)68-78(96-79)76-62(82(68,51-27-17-43(3)18-28-51)52-29-19-44(4)20-30-52)36-64(94-76)58-32-22-46(70-72(58)90-98-88-70)34-60-66(48(39-85)40-86)54-10-6-8-12-56(54)74(60)92/h5-36H,1-4H3. The van der Waals surface area contributed by atoms with Crippen LogP contribution in [0.15, 0.2) is 204 Å². The number of nitrogens with zero attached hydrogens (tertiary/aromatic N) is 8. The number of rotatable bonds is 8. The number of Topliss-reactive ketones (excluding diaryl/α,β-unsaturated/α-hetero) is 2. The van der Waals surface area contributed by atoms with Crippen LogP contribution in [-0.4, -0.2) is 29.1 Å². The molecule has 0 N–H and O–H groups in total. The Morgan fingerprint density at radius 1 is 0.378 bits per heavy atom. The van der Waals surface area contributed by atoms with E-state index in [1.165, 1.54) is 51.2 Å². The largest absolute Gasteiger partial charge is 0.289 e. The molecule has 98 heavy (non-hydrogen) atoms. The Hall–Kier alpha value is -11.3. The third-order valence-electron chi connectivity index (χ3n) is 19.8. The first-order valence-electron chi connectivity index (χ1n) is 31.4. The van der Waals surface area contributed by atoms with E-state index in [4.69, 9.17) is 17.5 Å². The summed E-state index contributed by atoms with van der Waals surface area (Å²) in [5, 5.41) is 40.7. The summed E-state index contributed by atoms with van der Waals surface area (Å²) in [6.45, 7) is 8.55. The first-order chi connectivity index (χ1) is 47.9. The Bertz CT molecular complexity index is 5740. The molecule has 14 aromatic rings. The van der Waals surface area contributed by atoms with E-state index >= 15 is 0 Å². The van der Waals surface area contributed by atoms with E-state index in [1.54, 1.807) is 71.2 Å². The van der Waals surface area contributed by atoms with Gasteiger partial charge in [0.25, 0.3) is 0 Å². The number of fused-ring (bicyclic) bond motifs is 13. The maximum Gasteiger partial charge on any atom is 0.194 e. The second kappa shape index (κ2) is 22.1. The highest BCUT2D eigenvalue weighted by Crippen LogP contribution is 2.71. The van der Waals surface area contributed by atoms with Gasteiger partial charge in [-0.1, -0.05) is 192 Å². The molecule has 0 aliphatic heterocycles. The summed E-state index contributed by atoms with van der Waals surface area (Å²) in [5.41, 5.74) is 21.2. The van der Waals surface area contributed by atoms with E-state index in [0.29, 0.717) is 66.6 Å². The van der Waals surface area contributed by atoms with Crippen molar-refractivity contribution in [1.82, 2.24) is 17.5 Å². The van der Waals surface area contributed by atoms with Crippen molar-refractivity contribution in [3.63, 3.8) is 0 Å². The molecular weight excluding hydrogens is 1320 g/mol. The van der Waals surface area contributed by atoms with Gasteiger partial charge in [-0.25, -0.2) is 0 Å². The number of nitriles is 4. The van der Waals surface area contributed by atoms with Crippen molar-refractivity contribution >= 4 is 135 Å². The molecule has 0 amide bonds. The lowest BCUT2D eigenvalue weighted by Crippen LogP contribution is -2.28. The van der Waals surface area contributed by atoms with E-state index in [-0.39, 0.29) is 33.9 Å². The van der Waals surface area contributed by atoms with Gasteiger partial charge in [0.2, 0.25) is 0 Å². The lowest BCUT2D eigenvalue weighted by Gasteiger charge is -2.34. The molecular formula is C82H44N8O2S6. The molecule has 460 valence electrons. The average molecular weight is 1370 g/mol. The van der Waals surface area contributed by atoms with Crippen molar-refractivity contribution in [2.45, 2.75) is 38.5 Å². The van der Waals surface area contributed by atoms with Crippen LogP contribution < -0.4 is 0 Å². The van der Waals surface area contributed by atoms with Crippen molar-refractivity contribution in [3.8, 4) is 64.7 Å². The van der Waals surface area contributed by atoms with Crippen LogP contribution in [0.5, 0.6) is 0 Å². The zero-order chi connectivity index (χ0) is 66.6. The highest BCUT2D eigenvalue weighted by molar-refractivity contribution is 7.35. The van der Waals surface area contributed by atoms with Gasteiger partial charge in [-0.2, -0.15) is 38.5 Å². The van der Waals surface area contributed by atoms with Gasteiger partial charge in [0.1, 0.15) is 57.5 Å². The molecule has 6 aromatic heterocycles. The highest BCUT2D eigenvalue weighted by Gasteiger charge is 2.55. The lowest BCUT2D eigenvalue weighted by molar-refractivity contribution is 0.103. The summed E-state index contributed by atoms with van der Waals surface area (Å²) < 4.78 is 22.2. The molecule has 0 unspecified atom stereocenters. The van der Waals surface area contributed by atoms with Crippen LogP contribution in [0, 0.1) is 73.0 Å². The summed E-state index contributed by atoms with van der Waals surface area (Å²) in [6.07, 6.45) is 3.53. The van der Waals surface area contributed by atoms with Gasteiger partial charge in [0.05, 0.1) is 63.2 Å². The fourth-order valence-corrected chi connectivity index (χ4v) is 22.3. The molecule has 0 bridgehead atoms. The fraction of sp³-hybridized carbons (Fsp3) is 0.0732. The second-order valence-corrected chi connectivity index (χ2v) is 30.3. The summed E-state index contributed by atoms with van der Waals surface area (Å²) in [7, 11) is 0. The maximum absolute atomic E-state index is 14.2. The van der Waals surface area contributed by atoms with Crippen LogP contribution in [0.25, 0.3) is 95.2 Å². The summed E-state index contributed by atoms with van der Waals surface area (Å²) >= 11 is 9.54. The predicted octanol–water partition coefficient (Wildman–Crippen LogP) is 20.6. The Kier molecular flexibility index (Phi) is 13.4. The highest BCUT2D eigenvalue weighted by atomic mass is 32.1. The number of aryl methyl sites for hydroxylation is 4. The molecule has 10 nitrogen and oxygen atoms in total. The Morgan fingerprint density at radius 3 is 1.04 bits per heavy atom. The van der Waals surface area contributed by atoms with Crippen LogP contribution in [0.3, 0.4) is 0 Å². The molecule has 16 heteroatoms. The Balaban J connectivity index is 0.863. The number of thiophene rings is 4. The third kappa shape index (κ3) is 8.22. The monoisotopic (exact) mass is 1360 g/mol. The number of hydrogen-bond donors (Lipinski definition) is 0. The lowest BCUT2D eigenvalue weighted by atomic mass is 9.67. The topological polar surface area (TPSA) is 181 Å². The predicted molar refractivity (Wildman–Crippen MR) is 396 cm³/mol. The molecule has 0 atom stereocenters. The number of carbonyl (C=O) groups is 2. The number of benzene rings is 8. The van der Waals surface area contributed by atoms with Gasteiger partial charge < -0.3 is 0 Å². The molecule has 0 spiro atoms. The summed E-state index contributed by atoms with van der Waals surface area (Å²) in [5.74, 6) is -0.514. The molecule has 0 radical (unpaired) electrons. The van der Waals surface area contributed by atoms with Gasteiger partial charge in [0.15, 0.2) is 11.6 Å². The zero-order valence-corrected chi connectivity index (χ0v) is 57.2. The van der Waals surface area contributed by atoms with Gasteiger partial charge in [-0.3, -0.25) is 9.59 Å². The SMILES string of the molecule is Cc1ccc(C2(c3ccc(C)cc3)c3cc(-c4ccc(C=C5C(=O)c6ccccc6C5=C(C#N)C#N)c5nsnc45)sc3-c3sc4c5c(sc4c32)-c2sc(-c3ccc(C=C4C(=O)c6ccccc6C4=C(C#N)C#N)c4nsnc34)cc2C5(c2ccc(C)cc2)c2ccc(C)cc2)cc1. The first-order valence-corrected chi connectivity index (χ1v) is 36.1. The minimum atomic E-state index is -0.797. The van der Waals surface area contributed by atoms with Gasteiger partial charge in [-0.05, 0) is 96.5 Å². The van der Waals surface area contributed by atoms with Crippen LogP contribution >= 0.6 is 68.8 Å². The van der Waals surface area contributed by atoms with Crippen molar-refractivity contribution in [2.75, 3.05) is 0 Å². The third-order valence-corrected chi connectivity index (χ3v) is 26.0. The Morgan fingerprint density at radius 2 is 0.704 bits per heavy atom. The van der Waals surface area contributed by atoms with E-state index in [9.17, 15) is 30.6 Å². The number of ketones is 2.